The van der Waals surface area contributed by atoms with Crippen LogP contribution in [0.5, 0.6) is 11.5 Å². The number of alkyl halides is 1. The van der Waals surface area contributed by atoms with Crippen molar-refractivity contribution >= 4 is 28.6 Å². The summed E-state index contributed by atoms with van der Waals surface area (Å²) in [6, 6.07) is 16.3. The van der Waals surface area contributed by atoms with Crippen molar-refractivity contribution in [2.75, 3.05) is 0 Å². The molecular formula is C32H43IO4. The second kappa shape index (κ2) is 12.0. The Hall–Kier alpha value is -1.76. The number of benzene rings is 2. The van der Waals surface area contributed by atoms with E-state index in [0.29, 0.717) is 6.42 Å². The number of hydrogen-bond donors (Lipinski definition) is 0. The summed E-state index contributed by atoms with van der Waals surface area (Å²) in [6.45, 7) is 8.37. The summed E-state index contributed by atoms with van der Waals surface area (Å²) < 4.78 is 18.6. The highest BCUT2D eigenvalue weighted by atomic mass is 127. The largest absolute Gasteiger partial charge is 0.487 e. The molecule has 0 aromatic heterocycles. The van der Waals surface area contributed by atoms with Gasteiger partial charge < -0.3 is 14.2 Å². The third kappa shape index (κ3) is 6.63. The molecule has 2 saturated carbocycles. The lowest BCUT2D eigenvalue weighted by Crippen LogP contribution is -2.32. The summed E-state index contributed by atoms with van der Waals surface area (Å²) in [5.74, 6) is 1.57. The maximum Gasteiger partial charge on any atom is 0.322 e. The number of halogens is 1. The van der Waals surface area contributed by atoms with Crippen LogP contribution in [-0.2, 0) is 9.53 Å². The van der Waals surface area contributed by atoms with Crippen LogP contribution in [0.3, 0.4) is 0 Å². The van der Waals surface area contributed by atoms with Gasteiger partial charge in [0, 0.05) is 0 Å². The Bertz CT molecular complexity index is 946. The van der Waals surface area contributed by atoms with Crippen molar-refractivity contribution in [3.05, 3.63) is 59.7 Å². The number of ether oxygens (including phenoxy) is 3. The van der Waals surface area contributed by atoms with Crippen molar-refractivity contribution in [1.29, 1.82) is 0 Å². The molecule has 0 amide bonds. The van der Waals surface area contributed by atoms with E-state index in [4.69, 9.17) is 14.2 Å². The van der Waals surface area contributed by atoms with Crippen LogP contribution in [0.2, 0.25) is 0 Å². The third-order valence-corrected chi connectivity index (χ3v) is 9.87. The number of rotatable bonds is 11. The number of hydrogen-bond acceptors (Lipinski definition) is 4. The second-order valence-corrected chi connectivity index (χ2v) is 13.5. The van der Waals surface area contributed by atoms with Gasteiger partial charge in [0.25, 0.3) is 0 Å². The molecule has 37 heavy (non-hydrogen) atoms. The van der Waals surface area contributed by atoms with Gasteiger partial charge in [0.05, 0.1) is 0 Å². The van der Waals surface area contributed by atoms with Crippen LogP contribution < -0.4 is 9.47 Å². The molecule has 2 aromatic rings. The highest BCUT2D eigenvalue weighted by Crippen LogP contribution is 2.40. The first-order valence-electron chi connectivity index (χ1n) is 14.2. The Labute approximate surface area is 237 Å². The van der Waals surface area contributed by atoms with Crippen LogP contribution in [0, 0.1) is 0 Å². The molecule has 4 rings (SSSR count). The topological polar surface area (TPSA) is 44.8 Å². The zero-order valence-corrected chi connectivity index (χ0v) is 25.1. The molecule has 4 nitrogen and oxygen atoms in total. The fraction of sp³-hybridized carbons (Fsp3) is 0.594. The molecule has 2 aliphatic rings. The molecule has 0 radical (unpaired) electrons. The molecule has 0 bridgehead atoms. The minimum Gasteiger partial charge on any atom is -0.487 e. The molecule has 1 atom stereocenters. The van der Waals surface area contributed by atoms with Crippen LogP contribution in [0.4, 0.5) is 0 Å². The van der Waals surface area contributed by atoms with Crippen LogP contribution >= 0.6 is 22.6 Å². The Morgan fingerprint density at radius 3 is 1.49 bits per heavy atom. The maximum absolute atomic E-state index is 13.1. The third-order valence-electron chi connectivity index (χ3n) is 8.67. The van der Waals surface area contributed by atoms with Gasteiger partial charge in [-0.1, -0.05) is 67.6 Å². The number of carbonyl (C=O) groups is 1. The first-order chi connectivity index (χ1) is 17.7. The fourth-order valence-electron chi connectivity index (χ4n) is 5.72. The predicted molar refractivity (Wildman–Crippen MR) is 158 cm³/mol. The van der Waals surface area contributed by atoms with E-state index < -0.39 is 9.53 Å². The van der Waals surface area contributed by atoms with Crippen LogP contribution in [0.25, 0.3) is 0 Å². The van der Waals surface area contributed by atoms with Gasteiger partial charge >= 0.3 is 5.97 Å². The summed E-state index contributed by atoms with van der Waals surface area (Å²) >= 11 is 2.20. The zero-order valence-electron chi connectivity index (χ0n) is 23.0. The molecule has 2 aromatic carbocycles. The van der Waals surface area contributed by atoms with Gasteiger partial charge in [-0.2, -0.15) is 0 Å². The van der Waals surface area contributed by atoms with E-state index in [0.717, 1.165) is 61.2 Å². The Morgan fingerprint density at radius 1 is 0.784 bits per heavy atom. The number of esters is 1. The lowest BCUT2D eigenvalue weighted by atomic mass is 9.97. The molecule has 0 N–H and O–H groups in total. The van der Waals surface area contributed by atoms with Gasteiger partial charge in [0.1, 0.15) is 26.1 Å². The van der Waals surface area contributed by atoms with Gasteiger partial charge in [-0.3, -0.25) is 4.79 Å². The molecule has 1 unspecified atom stereocenters. The standard InChI is InChI=1S/C32H43IO4/c1-5-30(4,33)29(34)35-28(24-12-16-26(17-13-24)36-31(6-2)20-8-9-21-31)25-14-18-27(19-15-25)37-32(7-3)22-10-11-23-32/h12-19,28H,5-11,20-23H2,1-4H3. The maximum atomic E-state index is 13.1. The molecule has 5 heteroatoms. The van der Waals surface area contributed by atoms with Gasteiger partial charge in [-0.15, -0.1) is 0 Å². The summed E-state index contributed by atoms with van der Waals surface area (Å²) in [6.07, 6.45) is 11.6. The zero-order chi connectivity index (χ0) is 26.5. The smallest absolute Gasteiger partial charge is 0.322 e. The molecule has 2 fully saturated rings. The molecule has 0 saturated heterocycles. The average molecular weight is 619 g/mol. The van der Waals surface area contributed by atoms with Crippen molar-refractivity contribution in [3.8, 4) is 11.5 Å². The minimum absolute atomic E-state index is 0.0392. The lowest BCUT2D eigenvalue weighted by Gasteiger charge is -2.30. The van der Waals surface area contributed by atoms with Gasteiger partial charge in [0.2, 0.25) is 0 Å². The quantitative estimate of drug-likeness (QED) is 0.143. The summed E-state index contributed by atoms with van der Waals surface area (Å²) in [4.78, 5) is 13.1. The van der Waals surface area contributed by atoms with Crippen molar-refractivity contribution in [2.45, 2.75) is 119 Å². The summed E-state index contributed by atoms with van der Waals surface area (Å²) in [5, 5.41) is 0. The van der Waals surface area contributed by atoms with Crippen molar-refractivity contribution in [2.24, 2.45) is 0 Å². The first kappa shape index (κ1) is 28.3. The summed E-state index contributed by atoms with van der Waals surface area (Å²) in [5.41, 5.74) is 1.80. The summed E-state index contributed by atoms with van der Waals surface area (Å²) in [7, 11) is 0. The molecule has 2 aliphatic carbocycles. The second-order valence-electron chi connectivity index (χ2n) is 11.2. The van der Waals surface area contributed by atoms with E-state index in [9.17, 15) is 4.79 Å². The van der Waals surface area contributed by atoms with Crippen molar-refractivity contribution < 1.29 is 19.0 Å². The average Bonchev–Trinajstić information content (AvgIpc) is 3.59. The highest BCUT2D eigenvalue weighted by Gasteiger charge is 2.36. The van der Waals surface area contributed by atoms with Crippen LogP contribution in [-0.4, -0.2) is 20.6 Å². The van der Waals surface area contributed by atoms with Crippen LogP contribution in [0.1, 0.15) is 116 Å². The molecular weight excluding hydrogens is 575 g/mol. The SMILES string of the molecule is CCC1(Oc2ccc(C(OC(=O)C(C)(I)CC)c3ccc(OC4(CC)CCCC4)cc3)cc2)CCCC1. The fourth-order valence-corrected chi connectivity index (χ4v) is 5.85. The van der Waals surface area contributed by atoms with Crippen molar-refractivity contribution in [3.63, 3.8) is 0 Å². The lowest BCUT2D eigenvalue weighted by molar-refractivity contribution is -0.149. The predicted octanol–water partition coefficient (Wildman–Crippen LogP) is 9.13. The Balaban J connectivity index is 1.56. The molecule has 0 heterocycles. The highest BCUT2D eigenvalue weighted by molar-refractivity contribution is 14.1. The van der Waals surface area contributed by atoms with E-state index in [-0.39, 0.29) is 17.2 Å². The van der Waals surface area contributed by atoms with E-state index >= 15 is 0 Å². The Morgan fingerprint density at radius 2 is 1.16 bits per heavy atom. The van der Waals surface area contributed by atoms with E-state index in [2.05, 4.69) is 36.4 Å². The number of carbonyl (C=O) groups excluding carboxylic acids is 1. The monoisotopic (exact) mass is 618 g/mol. The van der Waals surface area contributed by atoms with Crippen molar-refractivity contribution in [1.82, 2.24) is 0 Å². The van der Waals surface area contributed by atoms with E-state index in [1.807, 2.05) is 62.4 Å². The van der Waals surface area contributed by atoms with E-state index in [1.165, 1.54) is 25.7 Å². The molecule has 0 aliphatic heterocycles. The normalized spacial score (nSPS) is 19.9. The van der Waals surface area contributed by atoms with Gasteiger partial charge in [-0.05, 0) is 113 Å². The van der Waals surface area contributed by atoms with Gasteiger partial charge in [0.15, 0.2) is 6.10 Å². The van der Waals surface area contributed by atoms with Gasteiger partial charge in [-0.25, -0.2) is 0 Å². The van der Waals surface area contributed by atoms with E-state index in [1.54, 1.807) is 0 Å². The first-order valence-corrected chi connectivity index (χ1v) is 15.3. The Kier molecular flexibility index (Phi) is 9.13. The van der Waals surface area contributed by atoms with Crippen LogP contribution in [0.15, 0.2) is 48.5 Å². The molecule has 202 valence electrons. The minimum atomic E-state index is -0.575. The molecule has 0 spiro atoms.